The van der Waals surface area contributed by atoms with Crippen molar-refractivity contribution < 1.29 is 14.7 Å². The molecule has 1 heterocycles. The number of amides is 1. The molecule has 0 unspecified atom stereocenters. The standard InChI is InChI=1S/C5H4N2O3S/c8-1-3-2-11-4(6-3)7-5(9)10/h1-2H,(H,6,7)(H,9,10). The minimum Gasteiger partial charge on any atom is -0.465 e. The Bertz CT molecular complexity index is 283. The van der Waals surface area contributed by atoms with Crippen molar-refractivity contribution >= 4 is 28.8 Å². The van der Waals surface area contributed by atoms with Crippen LogP contribution in [0.25, 0.3) is 0 Å². The average molecular weight is 172 g/mol. The van der Waals surface area contributed by atoms with Crippen LogP contribution in [0.3, 0.4) is 0 Å². The first-order valence-electron chi connectivity index (χ1n) is 2.63. The number of aldehydes is 1. The Labute approximate surface area is 65.7 Å². The van der Waals surface area contributed by atoms with Crippen LogP contribution in [0.15, 0.2) is 5.38 Å². The molecule has 0 bridgehead atoms. The smallest absolute Gasteiger partial charge is 0.410 e. The third-order valence-corrected chi connectivity index (χ3v) is 1.63. The van der Waals surface area contributed by atoms with Gasteiger partial charge < -0.3 is 5.11 Å². The molecule has 1 aromatic rings. The summed E-state index contributed by atoms with van der Waals surface area (Å²) in [4.78, 5) is 23.7. The van der Waals surface area contributed by atoms with Crippen molar-refractivity contribution in [2.24, 2.45) is 0 Å². The number of nitrogens with zero attached hydrogens (tertiary/aromatic N) is 1. The van der Waals surface area contributed by atoms with Gasteiger partial charge in [0.05, 0.1) is 0 Å². The van der Waals surface area contributed by atoms with Crippen LogP contribution in [0.5, 0.6) is 0 Å². The van der Waals surface area contributed by atoms with E-state index in [1.54, 1.807) is 0 Å². The molecule has 6 heteroatoms. The second-order valence-corrected chi connectivity index (χ2v) is 2.48. The lowest BCUT2D eigenvalue weighted by molar-refractivity contribution is 0.111. The van der Waals surface area contributed by atoms with E-state index in [2.05, 4.69) is 4.98 Å². The molecule has 0 aliphatic carbocycles. The molecule has 1 aromatic heterocycles. The number of carbonyl (C=O) groups excluding carboxylic acids is 1. The number of carboxylic acid groups (broad SMARTS) is 1. The zero-order chi connectivity index (χ0) is 8.27. The maximum Gasteiger partial charge on any atom is 0.410 e. The molecule has 1 amide bonds. The Morgan fingerprint density at radius 1 is 1.82 bits per heavy atom. The van der Waals surface area contributed by atoms with Crippen molar-refractivity contribution in [1.29, 1.82) is 0 Å². The van der Waals surface area contributed by atoms with Gasteiger partial charge in [0.15, 0.2) is 11.4 Å². The summed E-state index contributed by atoms with van der Waals surface area (Å²) in [5.74, 6) is 0. The molecule has 0 saturated carbocycles. The summed E-state index contributed by atoms with van der Waals surface area (Å²) < 4.78 is 0. The van der Waals surface area contributed by atoms with E-state index < -0.39 is 6.09 Å². The molecule has 11 heavy (non-hydrogen) atoms. The van der Waals surface area contributed by atoms with Gasteiger partial charge in [0.1, 0.15) is 5.69 Å². The summed E-state index contributed by atoms with van der Waals surface area (Å²) in [5, 5.41) is 11.9. The van der Waals surface area contributed by atoms with Gasteiger partial charge in [0.2, 0.25) is 0 Å². The first kappa shape index (κ1) is 7.67. The Morgan fingerprint density at radius 2 is 2.55 bits per heavy atom. The first-order valence-corrected chi connectivity index (χ1v) is 3.51. The number of rotatable bonds is 2. The summed E-state index contributed by atoms with van der Waals surface area (Å²) in [5.41, 5.74) is 0.235. The molecule has 0 aromatic carbocycles. The number of hydrogen-bond acceptors (Lipinski definition) is 4. The SMILES string of the molecule is O=Cc1csc(NC(=O)O)n1. The van der Waals surface area contributed by atoms with E-state index in [0.717, 1.165) is 11.3 Å². The molecule has 0 aliphatic rings. The van der Waals surface area contributed by atoms with Crippen LogP contribution >= 0.6 is 11.3 Å². The predicted molar refractivity (Wildman–Crippen MR) is 39.1 cm³/mol. The van der Waals surface area contributed by atoms with Gasteiger partial charge in [-0.1, -0.05) is 0 Å². The fraction of sp³-hybridized carbons (Fsp3) is 0. The van der Waals surface area contributed by atoms with Crippen LogP contribution in [-0.2, 0) is 0 Å². The lowest BCUT2D eigenvalue weighted by Crippen LogP contribution is -2.06. The topological polar surface area (TPSA) is 79.3 Å². The van der Waals surface area contributed by atoms with Crippen molar-refractivity contribution in [2.75, 3.05) is 5.32 Å². The second-order valence-electron chi connectivity index (χ2n) is 1.63. The summed E-state index contributed by atoms with van der Waals surface area (Å²) in [6.07, 6.45) is -0.624. The molecule has 0 saturated heterocycles. The highest BCUT2D eigenvalue weighted by atomic mass is 32.1. The van der Waals surface area contributed by atoms with Crippen molar-refractivity contribution in [3.05, 3.63) is 11.1 Å². The molecule has 0 fully saturated rings. The zero-order valence-corrected chi connectivity index (χ0v) is 6.09. The molecule has 0 atom stereocenters. The lowest BCUT2D eigenvalue weighted by atomic mass is 10.6. The molecule has 58 valence electrons. The predicted octanol–water partition coefficient (Wildman–Crippen LogP) is 1.05. The molecular formula is C5H4N2O3S. The van der Waals surface area contributed by atoms with Crippen molar-refractivity contribution in [3.63, 3.8) is 0 Å². The van der Waals surface area contributed by atoms with E-state index in [4.69, 9.17) is 5.11 Å². The maximum absolute atomic E-state index is 10.1. The Hall–Kier alpha value is -1.43. The fourth-order valence-corrected chi connectivity index (χ4v) is 1.13. The van der Waals surface area contributed by atoms with Gasteiger partial charge in [-0.2, -0.15) is 0 Å². The van der Waals surface area contributed by atoms with Gasteiger partial charge in [-0.05, 0) is 0 Å². The van der Waals surface area contributed by atoms with Gasteiger partial charge >= 0.3 is 6.09 Å². The molecule has 5 nitrogen and oxygen atoms in total. The monoisotopic (exact) mass is 172 g/mol. The molecule has 0 aliphatic heterocycles. The number of anilines is 1. The van der Waals surface area contributed by atoms with Gasteiger partial charge in [-0.25, -0.2) is 9.78 Å². The highest BCUT2D eigenvalue weighted by molar-refractivity contribution is 7.14. The van der Waals surface area contributed by atoms with E-state index in [9.17, 15) is 9.59 Å². The first-order chi connectivity index (χ1) is 5.22. The number of thiazole rings is 1. The van der Waals surface area contributed by atoms with E-state index in [1.165, 1.54) is 5.38 Å². The molecule has 0 radical (unpaired) electrons. The molecule has 1 rings (SSSR count). The largest absolute Gasteiger partial charge is 0.465 e. The zero-order valence-electron chi connectivity index (χ0n) is 5.27. The van der Waals surface area contributed by atoms with E-state index in [1.807, 2.05) is 5.32 Å². The van der Waals surface area contributed by atoms with Crippen LogP contribution in [0.4, 0.5) is 9.93 Å². The van der Waals surface area contributed by atoms with Crippen LogP contribution in [0.2, 0.25) is 0 Å². The van der Waals surface area contributed by atoms with E-state index >= 15 is 0 Å². The van der Waals surface area contributed by atoms with Gasteiger partial charge in [-0.3, -0.25) is 10.1 Å². The van der Waals surface area contributed by atoms with Crippen LogP contribution in [0.1, 0.15) is 10.5 Å². The summed E-state index contributed by atoms with van der Waals surface area (Å²) in [6.45, 7) is 0. The number of carbonyl (C=O) groups is 2. The Balaban J connectivity index is 2.72. The molecule has 2 N–H and O–H groups in total. The van der Waals surface area contributed by atoms with Crippen molar-refractivity contribution in [3.8, 4) is 0 Å². The van der Waals surface area contributed by atoms with Crippen molar-refractivity contribution in [2.45, 2.75) is 0 Å². The minimum absolute atomic E-state index is 0.208. The minimum atomic E-state index is -1.18. The van der Waals surface area contributed by atoms with Crippen LogP contribution in [0, 0.1) is 0 Å². The lowest BCUT2D eigenvalue weighted by Gasteiger charge is -1.89. The fourth-order valence-electron chi connectivity index (χ4n) is 0.489. The summed E-state index contributed by atoms with van der Waals surface area (Å²) in [7, 11) is 0. The van der Waals surface area contributed by atoms with Gasteiger partial charge in [0, 0.05) is 5.38 Å². The van der Waals surface area contributed by atoms with E-state index in [-0.39, 0.29) is 10.8 Å². The van der Waals surface area contributed by atoms with Crippen LogP contribution in [-0.4, -0.2) is 22.5 Å². The third-order valence-electron chi connectivity index (χ3n) is 0.857. The molecular weight excluding hydrogens is 168 g/mol. The maximum atomic E-state index is 10.1. The molecule has 0 spiro atoms. The van der Waals surface area contributed by atoms with Crippen molar-refractivity contribution in [1.82, 2.24) is 4.98 Å². The summed E-state index contributed by atoms with van der Waals surface area (Å²) in [6, 6.07) is 0. The normalized spacial score (nSPS) is 9.09. The average Bonchev–Trinajstić information content (AvgIpc) is 2.34. The third kappa shape index (κ3) is 2.01. The number of hydrogen-bond donors (Lipinski definition) is 2. The highest BCUT2D eigenvalue weighted by Gasteiger charge is 2.02. The number of nitrogens with one attached hydrogen (secondary N) is 1. The van der Waals surface area contributed by atoms with Gasteiger partial charge in [0.25, 0.3) is 0 Å². The van der Waals surface area contributed by atoms with Crippen LogP contribution < -0.4 is 5.32 Å². The quantitative estimate of drug-likeness (QED) is 0.653. The second kappa shape index (κ2) is 3.11. The summed E-state index contributed by atoms with van der Waals surface area (Å²) >= 11 is 1.07. The Morgan fingerprint density at radius 3 is 3.00 bits per heavy atom. The highest BCUT2D eigenvalue weighted by Crippen LogP contribution is 2.13. The van der Waals surface area contributed by atoms with Gasteiger partial charge in [-0.15, -0.1) is 11.3 Å². The number of aromatic nitrogens is 1. The Kier molecular flexibility index (Phi) is 2.17. The van der Waals surface area contributed by atoms with E-state index in [0.29, 0.717) is 6.29 Å².